The SMILES string of the molecule is COc1cc(NC(=O)CC(=O)Nc2cccc(N(C)C(=O)OC3CCOC3)c2)ccc1-c1cnco1. The maximum atomic E-state index is 12.5. The lowest BCUT2D eigenvalue weighted by molar-refractivity contribution is -0.123. The Morgan fingerprint density at radius 1 is 1.11 bits per heavy atom. The van der Waals surface area contributed by atoms with Gasteiger partial charge in [0.05, 0.1) is 32.1 Å². The number of aromatic nitrogens is 1. The van der Waals surface area contributed by atoms with Crippen LogP contribution in [-0.4, -0.2) is 56.4 Å². The van der Waals surface area contributed by atoms with Crippen LogP contribution < -0.4 is 20.3 Å². The summed E-state index contributed by atoms with van der Waals surface area (Å²) in [5.41, 5.74) is 2.10. The first-order valence-electron chi connectivity index (χ1n) is 11.2. The fourth-order valence-electron chi connectivity index (χ4n) is 3.60. The van der Waals surface area contributed by atoms with Crippen LogP contribution in [0.25, 0.3) is 11.3 Å². The highest BCUT2D eigenvalue weighted by Gasteiger charge is 2.23. The molecule has 2 heterocycles. The number of benzene rings is 2. The van der Waals surface area contributed by atoms with E-state index >= 15 is 0 Å². The molecule has 1 fully saturated rings. The van der Waals surface area contributed by atoms with Crippen molar-refractivity contribution < 1.29 is 33.0 Å². The number of amides is 3. The van der Waals surface area contributed by atoms with Crippen molar-refractivity contribution in [1.29, 1.82) is 0 Å². The molecular weight excluding hydrogens is 468 g/mol. The van der Waals surface area contributed by atoms with Gasteiger partial charge in [-0.05, 0) is 30.3 Å². The van der Waals surface area contributed by atoms with Gasteiger partial charge in [-0.3, -0.25) is 14.5 Å². The number of rotatable bonds is 8. The smallest absolute Gasteiger partial charge is 0.414 e. The second-order valence-corrected chi connectivity index (χ2v) is 8.03. The molecule has 36 heavy (non-hydrogen) atoms. The zero-order valence-electron chi connectivity index (χ0n) is 19.9. The van der Waals surface area contributed by atoms with Gasteiger partial charge in [0.2, 0.25) is 11.8 Å². The molecule has 0 radical (unpaired) electrons. The summed E-state index contributed by atoms with van der Waals surface area (Å²) < 4.78 is 21.3. The summed E-state index contributed by atoms with van der Waals surface area (Å²) >= 11 is 0. The largest absolute Gasteiger partial charge is 0.496 e. The molecule has 0 saturated carbocycles. The molecular formula is C25H26N4O7. The van der Waals surface area contributed by atoms with Crippen molar-refractivity contribution in [3.05, 3.63) is 55.1 Å². The number of methoxy groups -OCH3 is 1. The Hall–Kier alpha value is -4.38. The first-order valence-corrected chi connectivity index (χ1v) is 11.2. The molecule has 1 atom stereocenters. The quantitative estimate of drug-likeness (QED) is 0.453. The monoisotopic (exact) mass is 494 g/mol. The second kappa shape index (κ2) is 11.4. The summed E-state index contributed by atoms with van der Waals surface area (Å²) in [6, 6.07) is 11.7. The summed E-state index contributed by atoms with van der Waals surface area (Å²) in [6.45, 7) is 0.953. The fourth-order valence-corrected chi connectivity index (χ4v) is 3.60. The van der Waals surface area contributed by atoms with Gasteiger partial charge in [-0.25, -0.2) is 9.78 Å². The Labute approximate surface area is 207 Å². The van der Waals surface area contributed by atoms with E-state index in [1.807, 2.05) is 0 Å². The van der Waals surface area contributed by atoms with E-state index < -0.39 is 24.3 Å². The lowest BCUT2D eigenvalue weighted by Gasteiger charge is -2.20. The number of ether oxygens (including phenoxy) is 3. The molecule has 2 aromatic carbocycles. The zero-order valence-corrected chi connectivity index (χ0v) is 19.9. The molecule has 188 valence electrons. The van der Waals surface area contributed by atoms with Crippen LogP contribution in [0.3, 0.4) is 0 Å². The molecule has 11 heteroatoms. The predicted molar refractivity (Wildman–Crippen MR) is 131 cm³/mol. The highest BCUT2D eigenvalue weighted by molar-refractivity contribution is 6.08. The molecule has 4 rings (SSSR count). The molecule has 0 spiro atoms. The van der Waals surface area contributed by atoms with Gasteiger partial charge in [0.1, 0.15) is 18.3 Å². The Morgan fingerprint density at radius 3 is 2.56 bits per heavy atom. The van der Waals surface area contributed by atoms with Crippen LogP contribution >= 0.6 is 0 Å². The van der Waals surface area contributed by atoms with E-state index in [-0.39, 0.29) is 6.10 Å². The summed E-state index contributed by atoms with van der Waals surface area (Å²) in [5, 5.41) is 5.35. The molecule has 1 aliphatic rings. The van der Waals surface area contributed by atoms with Gasteiger partial charge >= 0.3 is 6.09 Å². The molecule has 1 unspecified atom stereocenters. The van der Waals surface area contributed by atoms with Crippen molar-refractivity contribution in [3.63, 3.8) is 0 Å². The van der Waals surface area contributed by atoms with E-state index in [0.717, 1.165) is 0 Å². The zero-order chi connectivity index (χ0) is 25.5. The molecule has 11 nitrogen and oxygen atoms in total. The number of carbonyl (C=O) groups is 3. The van der Waals surface area contributed by atoms with Crippen molar-refractivity contribution >= 4 is 35.0 Å². The van der Waals surface area contributed by atoms with E-state index in [1.54, 1.807) is 55.7 Å². The van der Waals surface area contributed by atoms with E-state index in [4.69, 9.17) is 18.6 Å². The van der Waals surface area contributed by atoms with Crippen molar-refractivity contribution in [2.75, 3.05) is 42.9 Å². The van der Waals surface area contributed by atoms with E-state index in [1.165, 1.54) is 18.4 Å². The lowest BCUT2D eigenvalue weighted by Crippen LogP contribution is -2.31. The topological polar surface area (TPSA) is 132 Å². The molecule has 0 aliphatic carbocycles. The van der Waals surface area contributed by atoms with Crippen LogP contribution in [-0.2, 0) is 19.1 Å². The van der Waals surface area contributed by atoms with Crippen LogP contribution in [0.5, 0.6) is 5.75 Å². The Morgan fingerprint density at radius 2 is 1.89 bits per heavy atom. The van der Waals surface area contributed by atoms with Crippen LogP contribution in [0.2, 0.25) is 0 Å². The van der Waals surface area contributed by atoms with E-state index in [2.05, 4.69) is 15.6 Å². The maximum absolute atomic E-state index is 12.5. The summed E-state index contributed by atoms with van der Waals surface area (Å²) in [6.07, 6.45) is 2.35. The predicted octanol–water partition coefficient (Wildman–Crippen LogP) is 3.68. The average molecular weight is 495 g/mol. The van der Waals surface area contributed by atoms with Crippen LogP contribution in [0.1, 0.15) is 12.8 Å². The molecule has 0 bridgehead atoms. The summed E-state index contributed by atoms with van der Waals surface area (Å²) in [7, 11) is 3.08. The normalized spacial score (nSPS) is 14.7. The number of oxazole rings is 1. The number of carbonyl (C=O) groups excluding carboxylic acids is 3. The number of hydrogen-bond donors (Lipinski definition) is 2. The van der Waals surface area contributed by atoms with Gasteiger partial charge in [0.25, 0.3) is 0 Å². The molecule has 2 N–H and O–H groups in total. The van der Waals surface area contributed by atoms with Crippen LogP contribution in [0.4, 0.5) is 21.9 Å². The number of nitrogens with one attached hydrogen (secondary N) is 2. The third-order valence-electron chi connectivity index (χ3n) is 5.45. The van der Waals surface area contributed by atoms with E-state index in [9.17, 15) is 14.4 Å². The molecule has 1 saturated heterocycles. The van der Waals surface area contributed by atoms with Gasteiger partial charge in [-0.2, -0.15) is 0 Å². The Bertz CT molecular complexity index is 1220. The minimum absolute atomic E-state index is 0.264. The number of anilines is 3. The summed E-state index contributed by atoms with van der Waals surface area (Å²) in [5.74, 6) is -0.00690. The minimum Gasteiger partial charge on any atom is -0.496 e. The molecule has 3 aromatic rings. The number of nitrogens with zero attached hydrogens (tertiary/aromatic N) is 2. The second-order valence-electron chi connectivity index (χ2n) is 8.03. The van der Waals surface area contributed by atoms with Gasteiger partial charge in [0.15, 0.2) is 12.2 Å². The molecule has 3 amide bonds. The Kier molecular flexibility index (Phi) is 7.81. The lowest BCUT2D eigenvalue weighted by atomic mass is 10.1. The number of hydrogen-bond acceptors (Lipinski definition) is 8. The van der Waals surface area contributed by atoms with Crippen molar-refractivity contribution in [2.45, 2.75) is 18.9 Å². The van der Waals surface area contributed by atoms with Gasteiger partial charge in [0, 0.05) is 36.6 Å². The van der Waals surface area contributed by atoms with Crippen molar-refractivity contribution in [2.24, 2.45) is 0 Å². The van der Waals surface area contributed by atoms with Gasteiger partial charge in [-0.15, -0.1) is 0 Å². The van der Waals surface area contributed by atoms with Crippen LogP contribution in [0, 0.1) is 0 Å². The third-order valence-corrected chi connectivity index (χ3v) is 5.45. The molecule has 1 aromatic heterocycles. The van der Waals surface area contributed by atoms with Crippen molar-refractivity contribution in [3.8, 4) is 17.1 Å². The maximum Gasteiger partial charge on any atom is 0.414 e. The first-order chi connectivity index (χ1) is 17.4. The van der Waals surface area contributed by atoms with Crippen molar-refractivity contribution in [1.82, 2.24) is 4.98 Å². The molecule has 1 aliphatic heterocycles. The highest BCUT2D eigenvalue weighted by Crippen LogP contribution is 2.32. The summed E-state index contributed by atoms with van der Waals surface area (Å²) in [4.78, 5) is 42.5. The third kappa shape index (κ3) is 6.19. The minimum atomic E-state index is -0.516. The van der Waals surface area contributed by atoms with Gasteiger partial charge < -0.3 is 29.3 Å². The Balaban J connectivity index is 1.32. The van der Waals surface area contributed by atoms with Gasteiger partial charge in [-0.1, -0.05) is 6.07 Å². The standard InChI is InChI=1S/C25H26N4O7/c1-29(25(32)36-19-8-9-34-14-19)18-5-3-4-16(10-18)27-23(30)12-24(31)28-17-6-7-20(21(11-17)33-2)22-13-26-15-35-22/h3-7,10-11,13,15,19H,8-9,12,14H2,1-2H3,(H,27,30)(H,28,31). The van der Waals surface area contributed by atoms with Crippen LogP contribution in [0.15, 0.2) is 59.5 Å². The highest BCUT2D eigenvalue weighted by atomic mass is 16.6. The first kappa shape index (κ1) is 24.7. The average Bonchev–Trinajstić information content (AvgIpc) is 3.58. The fraction of sp³-hybridized carbons (Fsp3) is 0.280. The van der Waals surface area contributed by atoms with E-state index in [0.29, 0.717) is 53.8 Å².